The number of aromatic nitrogens is 3. The first-order valence-electron chi connectivity index (χ1n) is 6.93. The Hall–Kier alpha value is -1.43. The van der Waals surface area contributed by atoms with E-state index < -0.39 is 5.97 Å². The number of carbonyl (C=O) groups is 1. The molecule has 1 aromatic heterocycles. The van der Waals surface area contributed by atoms with Gasteiger partial charge in [0.2, 0.25) is 0 Å². The van der Waals surface area contributed by atoms with E-state index in [1.54, 1.807) is 4.68 Å². The maximum Gasteiger partial charge on any atom is 0.358 e. The maximum absolute atomic E-state index is 10.7. The van der Waals surface area contributed by atoms with Gasteiger partial charge in [-0.3, -0.25) is 4.68 Å². The fourth-order valence-corrected chi connectivity index (χ4v) is 2.84. The number of hydrogen-bond donors (Lipinski definition) is 2. The van der Waals surface area contributed by atoms with Crippen molar-refractivity contribution in [2.24, 2.45) is 11.8 Å². The first-order chi connectivity index (χ1) is 9.06. The lowest BCUT2D eigenvalue weighted by molar-refractivity contribution is 0.0690. The molecule has 1 aliphatic carbocycles. The summed E-state index contributed by atoms with van der Waals surface area (Å²) >= 11 is 0. The first-order valence-corrected chi connectivity index (χ1v) is 6.93. The molecule has 0 aromatic carbocycles. The van der Waals surface area contributed by atoms with Gasteiger partial charge in [-0.2, -0.15) is 0 Å². The average Bonchev–Trinajstić information content (AvgIpc) is 2.81. The Morgan fingerprint density at radius 3 is 2.95 bits per heavy atom. The minimum absolute atomic E-state index is 0.000130. The molecule has 0 aliphatic heterocycles. The zero-order valence-corrected chi connectivity index (χ0v) is 11.5. The quantitative estimate of drug-likeness (QED) is 0.842. The largest absolute Gasteiger partial charge is 0.476 e. The number of nitrogens with one attached hydrogen (secondary N) is 1. The minimum Gasteiger partial charge on any atom is -0.476 e. The Labute approximate surface area is 113 Å². The molecule has 0 amide bonds. The lowest BCUT2D eigenvalue weighted by Crippen LogP contribution is -2.40. The molecule has 2 N–H and O–H groups in total. The second-order valence-corrected chi connectivity index (χ2v) is 5.63. The van der Waals surface area contributed by atoms with Crippen LogP contribution >= 0.6 is 0 Å². The van der Waals surface area contributed by atoms with Crippen molar-refractivity contribution >= 4 is 5.97 Å². The Morgan fingerprint density at radius 1 is 1.53 bits per heavy atom. The van der Waals surface area contributed by atoms with Gasteiger partial charge in [0.1, 0.15) is 0 Å². The minimum atomic E-state index is -1.03. The van der Waals surface area contributed by atoms with Crippen molar-refractivity contribution in [3.8, 4) is 0 Å². The maximum atomic E-state index is 10.7. The third-order valence-electron chi connectivity index (χ3n) is 3.94. The summed E-state index contributed by atoms with van der Waals surface area (Å²) in [5.41, 5.74) is -0.000130. The van der Waals surface area contributed by atoms with Crippen molar-refractivity contribution in [3.05, 3.63) is 11.9 Å². The van der Waals surface area contributed by atoms with E-state index >= 15 is 0 Å². The van der Waals surface area contributed by atoms with Gasteiger partial charge in [-0.05, 0) is 31.1 Å². The van der Waals surface area contributed by atoms with E-state index in [0.717, 1.165) is 12.5 Å². The number of carboxylic acids is 1. The van der Waals surface area contributed by atoms with Crippen LogP contribution in [0.25, 0.3) is 0 Å². The summed E-state index contributed by atoms with van der Waals surface area (Å²) in [6, 6.07) is 0.568. The molecule has 19 heavy (non-hydrogen) atoms. The molecule has 1 aliphatic rings. The van der Waals surface area contributed by atoms with Crippen LogP contribution in [0.15, 0.2) is 6.20 Å². The summed E-state index contributed by atoms with van der Waals surface area (Å²) in [4.78, 5) is 10.7. The number of rotatable bonds is 5. The zero-order valence-electron chi connectivity index (χ0n) is 11.5. The van der Waals surface area contributed by atoms with Crippen LogP contribution in [0, 0.1) is 11.8 Å². The van der Waals surface area contributed by atoms with Crippen molar-refractivity contribution in [3.63, 3.8) is 0 Å². The van der Waals surface area contributed by atoms with E-state index in [-0.39, 0.29) is 5.69 Å². The van der Waals surface area contributed by atoms with Crippen molar-refractivity contribution in [2.75, 3.05) is 6.54 Å². The second-order valence-electron chi connectivity index (χ2n) is 5.63. The number of nitrogens with zero attached hydrogens (tertiary/aromatic N) is 3. The van der Waals surface area contributed by atoms with Crippen LogP contribution in [0.5, 0.6) is 0 Å². The van der Waals surface area contributed by atoms with Crippen LogP contribution in [-0.4, -0.2) is 38.7 Å². The highest BCUT2D eigenvalue weighted by Gasteiger charge is 2.24. The number of hydrogen-bond acceptors (Lipinski definition) is 4. The molecule has 106 valence electrons. The molecular weight excluding hydrogens is 244 g/mol. The van der Waals surface area contributed by atoms with Crippen LogP contribution in [-0.2, 0) is 6.54 Å². The molecule has 6 nitrogen and oxygen atoms in total. The van der Waals surface area contributed by atoms with Gasteiger partial charge in [-0.25, -0.2) is 4.79 Å². The molecule has 0 saturated heterocycles. The summed E-state index contributed by atoms with van der Waals surface area (Å²) < 4.78 is 1.58. The smallest absolute Gasteiger partial charge is 0.358 e. The van der Waals surface area contributed by atoms with Gasteiger partial charge in [0.25, 0.3) is 0 Å². The normalized spacial score (nSPS) is 27.4. The first kappa shape index (κ1) is 14.0. The van der Waals surface area contributed by atoms with E-state index in [0.29, 0.717) is 18.5 Å². The van der Waals surface area contributed by atoms with E-state index in [2.05, 4.69) is 29.5 Å². The average molecular weight is 266 g/mol. The van der Waals surface area contributed by atoms with Crippen LogP contribution in [0.3, 0.4) is 0 Å². The van der Waals surface area contributed by atoms with Gasteiger partial charge in [-0.15, -0.1) is 5.10 Å². The highest BCUT2D eigenvalue weighted by molar-refractivity contribution is 5.84. The Kier molecular flexibility index (Phi) is 4.52. The van der Waals surface area contributed by atoms with Gasteiger partial charge >= 0.3 is 5.97 Å². The summed E-state index contributed by atoms with van der Waals surface area (Å²) in [6.45, 7) is 6.06. The third-order valence-corrected chi connectivity index (χ3v) is 3.94. The molecule has 0 spiro atoms. The topological polar surface area (TPSA) is 80.0 Å². The third kappa shape index (κ3) is 3.76. The predicted molar refractivity (Wildman–Crippen MR) is 71.0 cm³/mol. The summed E-state index contributed by atoms with van der Waals surface area (Å²) in [7, 11) is 0. The summed E-state index contributed by atoms with van der Waals surface area (Å²) in [6.07, 6.45) is 5.26. The van der Waals surface area contributed by atoms with Gasteiger partial charge in [0.05, 0.1) is 12.7 Å². The number of carboxylic acid groups (broad SMARTS) is 1. The molecule has 3 unspecified atom stereocenters. The van der Waals surface area contributed by atoms with Crippen LogP contribution in [0.2, 0.25) is 0 Å². The molecule has 2 rings (SSSR count). The van der Waals surface area contributed by atoms with Crippen molar-refractivity contribution in [2.45, 2.75) is 45.7 Å². The van der Waals surface area contributed by atoms with Crippen LogP contribution < -0.4 is 5.32 Å². The van der Waals surface area contributed by atoms with E-state index in [1.807, 2.05) is 0 Å². The monoisotopic (exact) mass is 266 g/mol. The van der Waals surface area contributed by atoms with Crippen LogP contribution in [0.4, 0.5) is 0 Å². The Balaban J connectivity index is 1.75. The summed E-state index contributed by atoms with van der Waals surface area (Å²) in [5.74, 6) is 0.504. The molecule has 6 heteroatoms. The highest BCUT2D eigenvalue weighted by atomic mass is 16.4. The van der Waals surface area contributed by atoms with Gasteiger partial charge in [0.15, 0.2) is 5.69 Å². The van der Waals surface area contributed by atoms with Crippen molar-refractivity contribution in [1.29, 1.82) is 0 Å². The fourth-order valence-electron chi connectivity index (χ4n) is 2.84. The molecule has 1 aromatic rings. The van der Waals surface area contributed by atoms with Crippen molar-refractivity contribution in [1.82, 2.24) is 20.3 Å². The van der Waals surface area contributed by atoms with E-state index in [4.69, 9.17) is 5.11 Å². The van der Waals surface area contributed by atoms with E-state index in [1.165, 1.54) is 25.5 Å². The lowest BCUT2D eigenvalue weighted by Gasteiger charge is -2.33. The molecule has 1 fully saturated rings. The van der Waals surface area contributed by atoms with Gasteiger partial charge < -0.3 is 10.4 Å². The van der Waals surface area contributed by atoms with E-state index in [9.17, 15) is 4.79 Å². The lowest BCUT2D eigenvalue weighted by atomic mass is 9.80. The van der Waals surface area contributed by atoms with Crippen molar-refractivity contribution < 1.29 is 9.90 Å². The van der Waals surface area contributed by atoms with Gasteiger partial charge in [0, 0.05) is 12.6 Å². The Bertz CT molecular complexity index is 432. The molecule has 0 radical (unpaired) electrons. The van der Waals surface area contributed by atoms with Gasteiger partial charge in [-0.1, -0.05) is 19.1 Å². The zero-order chi connectivity index (χ0) is 13.8. The fraction of sp³-hybridized carbons (Fsp3) is 0.769. The number of aromatic carboxylic acids is 1. The van der Waals surface area contributed by atoms with Crippen LogP contribution in [0.1, 0.15) is 43.6 Å². The molecule has 0 bridgehead atoms. The Morgan fingerprint density at radius 2 is 2.32 bits per heavy atom. The predicted octanol–water partition coefficient (Wildman–Crippen LogP) is 1.39. The SMILES string of the molecule is CC1CCC(NCCn2cc(C(=O)O)nn2)C(C)C1. The second kappa shape index (κ2) is 6.14. The molecule has 3 atom stereocenters. The molecule has 1 heterocycles. The molecular formula is C13H22N4O2. The molecule has 1 saturated carbocycles. The summed E-state index contributed by atoms with van der Waals surface area (Å²) in [5, 5.41) is 19.7. The highest BCUT2D eigenvalue weighted by Crippen LogP contribution is 2.28. The standard InChI is InChI=1S/C13H22N4O2/c1-9-3-4-11(10(2)7-9)14-5-6-17-8-12(13(18)19)15-16-17/h8-11,14H,3-7H2,1-2H3,(H,18,19).